The van der Waals surface area contributed by atoms with Gasteiger partial charge in [0.2, 0.25) is 0 Å². The van der Waals surface area contributed by atoms with Crippen molar-refractivity contribution in [2.75, 3.05) is 25.0 Å². The molecule has 4 N–H and O–H groups in total. The van der Waals surface area contributed by atoms with Crippen LogP contribution in [-0.4, -0.2) is 71.8 Å². The normalized spacial score (nSPS) is 20.1. The summed E-state index contributed by atoms with van der Waals surface area (Å²) >= 11 is 0. The molecule has 1 unspecified atom stereocenters. The number of anilines is 1. The Labute approximate surface area is 224 Å². The molecule has 2 aliphatic rings. The number of rotatable bonds is 12. The number of amides is 2. The van der Waals surface area contributed by atoms with Crippen molar-refractivity contribution in [2.45, 2.75) is 96.5 Å². The molecule has 0 aromatic carbocycles. The smallest absolute Gasteiger partial charge is 0.408 e. The maximum absolute atomic E-state index is 12.1. The minimum atomic E-state index is -1.16. The summed E-state index contributed by atoms with van der Waals surface area (Å²) in [5.74, 6) is 0.439. The van der Waals surface area contributed by atoms with Crippen molar-refractivity contribution in [3.8, 4) is 0 Å². The number of alkyl carbamates (subject to hydrolysis) is 2. The predicted molar refractivity (Wildman–Crippen MR) is 141 cm³/mol. The first kappa shape index (κ1) is 29.5. The van der Waals surface area contributed by atoms with Crippen LogP contribution in [0.3, 0.4) is 0 Å². The molecule has 0 bridgehead atoms. The van der Waals surface area contributed by atoms with Crippen molar-refractivity contribution in [2.24, 2.45) is 5.92 Å². The van der Waals surface area contributed by atoms with E-state index in [1.54, 1.807) is 27.7 Å². The van der Waals surface area contributed by atoms with Crippen LogP contribution in [0.25, 0.3) is 0 Å². The number of hydrogen-bond acceptors (Lipinski definition) is 8. The van der Waals surface area contributed by atoms with Crippen molar-refractivity contribution in [1.82, 2.24) is 15.6 Å². The summed E-state index contributed by atoms with van der Waals surface area (Å²) in [5, 5.41) is 17.7. The zero-order chi connectivity index (χ0) is 27.7. The molecular formula is C27H42N4O7. The number of aryl methyl sites for hydroxylation is 2. The Bertz CT molecular complexity index is 959. The third-order valence-corrected chi connectivity index (χ3v) is 6.54. The molecule has 2 heterocycles. The molecule has 2 amide bonds. The average molecular weight is 535 g/mol. The third kappa shape index (κ3) is 10.00. The van der Waals surface area contributed by atoms with Crippen molar-refractivity contribution < 1.29 is 33.7 Å². The number of fused-ring (bicyclic) bond motifs is 1. The fourth-order valence-electron chi connectivity index (χ4n) is 4.46. The van der Waals surface area contributed by atoms with Gasteiger partial charge in [0, 0.05) is 25.3 Å². The zero-order valence-electron chi connectivity index (χ0n) is 22.9. The Balaban J connectivity index is 1.28. The second-order valence-electron chi connectivity index (χ2n) is 11.1. The zero-order valence-corrected chi connectivity index (χ0v) is 22.9. The van der Waals surface area contributed by atoms with Crippen LogP contribution in [0.15, 0.2) is 12.1 Å². The van der Waals surface area contributed by atoms with E-state index in [9.17, 15) is 19.5 Å². The highest BCUT2D eigenvalue weighted by Crippen LogP contribution is 2.34. The number of carboxylic acid groups (broad SMARTS) is 1. The van der Waals surface area contributed by atoms with Gasteiger partial charge in [-0.05, 0) is 83.8 Å². The first-order chi connectivity index (χ1) is 18.0. The largest absolute Gasteiger partial charge is 0.480 e. The topological polar surface area (TPSA) is 148 Å². The van der Waals surface area contributed by atoms with Gasteiger partial charge in [-0.25, -0.2) is 19.4 Å². The van der Waals surface area contributed by atoms with E-state index in [2.05, 4.69) is 28.1 Å². The fraction of sp³-hybridized carbons (Fsp3) is 0.704. The number of hydrogen-bond donors (Lipinski definition) is 4. The van der Waals surface area contributed by atoms with E-state index >= 15 is 0 Å². The fourth-order valence-corrected chi connectivity index (χ4v) is 4.46. The summed E-state index contributed by atoms with van der Waals surface area (Å²) in [6, 6.07) is 3.18. The van der Waals surface area contributed by atoms with Crippen molar-refractivity contribution in [1.29, 1.82) is 0 Å². The van der Waals surface area contributed by atoms with Gasteiger partial charge in [0.1, 0.15) is 23.6 Å². The van der Waals surface area contributed by atoms with Crippen molar-refractivity contribution in [3.63, 3.8) is 0 Å². The number of nitrogens with one attached hydrogen (secondary N) is 3. The van der Waals surface area contributed by atoms with Gasteiger partial charge in [-0.1, -0.05) is 6.07 Å². The molecule has 0 spiro atoms. The molecule has 1 fully saturated rings. The van der Waals surface area contributed by atoms with Crippen LogP contribution >= 0.6 is 0 Å². The number of carbonyl (C=O) groups excluding carboxylic acids is 2. The van der Waals surface area contributed by atoms with Crippen molar-refractivity contribution in [3.05, 3.63) is 23.4 Å². The number of nitrogens with zero attached hydrogens (tertiary/aromatic N) is 1. The van der Waals surface area contributed by atoms with Crippen LogP contribution in [-0.2, 0) is 31.8 Å². The molecule has 1 saturated carbocycles. The lowest BCUT2D eigenvalue weighted by Gasteiger charge is -2.35. The maximum atomic E-state index is 12.1. The molecule has 2 atom stereocenters. The highest BCUT2D eigenvalue weighted by atomic mass is 16.6. The van der Waals surface area contributed by atoms with E-state index < -0.39 is 35.9 Å². The molecule has 1 aromatic heterocycles. The molecule has 3 rings (SSSR count). The van der Waals surface area contributed by atoms with E-state index in [-0.39, 0.29) is 25.7 Å². The van der Waals surface area contributed by atoms with Gasteiger partial charge in [-0.3, -0.25) is 0 Å². The quantitative estimate of drug-likeness (QED) is 0.315. The minimum Gasteiger partial charge on any atom is -0.480 e. The Hall–Kier alpha value is -3.08. The Morgan fingerprint density at radius 1 is 1.21 bits per heavy atom. The molecule has 0 radical (unpaired) electrons. The molecule has 212 valence electrons. The van der Waals surface area contributed by atoms with Crippen LogP contribution in [0.2, 0.25) is 0 Å². The van der Waals surface area contributed by atoms with Crippen LogP contribution < -0.4 is 16.0 Å². The van der Waals surface area contributed by atoms with E-state index in [1.807, 2.05) is 0 Å². The van der Waals surface area contributed by atoms with Gasteiger partial charge in [0.05, 0.1) is 12.6 Å². The van der Waals surface area contributed by atoms with Gasteiger partial charge >= 0.3 is 18.2 Å². The first-order valence-corrected chi connectivity index (χ1v) is 13.5. The van der Waals surface area contributed by atoms with E-state index in [0.717, 1.165) is 56.6 Å². The van der Waals surface area contributed by atoms with Crippen LogP contribution in [0.1, 0.15) is 71.1 Å². The highest BCUT2D eigenvalue weighted by molar-refractivity contribution is 5.79. The lowest BCUT2D eigenvalue weighted by Crippen LogP contribution is -2.44. The Morgan fingerprint density at radius 2 is 1.97 bits per heavy atom. The minimum absolute atomic E-state index is 0.0332. The molecule has 11 nitrogen and oxygen atoms in total. The number of carboxylic acids is 1. The number of ether oxygens (including phenoxy) is 3. The monoisotopic (exact) mass is 534 g/mol. The third-order valence-electron chi connectivity index (χ3n) is 6.54. The summed E-state index contributed by atoms with van der Waals surface area (Å²) in [5.41, 5.74) is 1.77. The lowest BCUT2D eigenvalue weighted by atomic mass is 9.79. The first-order valence-electron chi connectivity index (χ1n) is 13.5. The highest BCUT2D eigenvalue weighted by Gasteiger charge is 2.30. The summed E-state index contributed by atoms with van der Waals surface area (Å²) in [6.45, 7) is 8.05. The maximum Gasteiger partial charge on any atom is 0.408 e. The Morgan fingerprint density at radius 3 is 2.68 bits per heavy atom. The van der Waals surface area contributed by atoms with E-state index in [4.69, 9.17) is 19.2 Å². The van der Waals surface area contributed by atoms with Gasteiger partial charge in [0.15, 0.2) is 0 Å². The van der Waals surface area contributed by atoms with Crippen molar-refractivity contribution >= 4 is 24.0 Å². The number of aromatic nitrogens is 1. The number of aliphatic carboxylic acids is 1. The molecule has 1 aromatic rings. The van der Waals surface area contributed by atoms with Crippen LogP contribution in [0, 0.1) is 5.92 Å². The molecule has 0 saturated heterocycles. The second kappa shape index (κ2) is 13.6. The van der Waals surface area contributed by atoms with Crippen LogP contribution in [0.5, 0.6) is 0 Å². The standard InChI is InChI=1S/C27H42N4O7/c1-17(16-29-25(34)38-27(2,3)4)37-26(35)31-22(24(32)33)11-13-36-21-14-18(15-21)7-9-20-10-8-19-6-5-12-28-23(19)30-20/h8,10,17-18,21-22H,5-7,9,11-16H2,1-4H3,(H,28,30)(H,29,34)(H,31,35)(H,32,33)/t17-,18-,21-,22?/m1/s1. The van der Waals surface area contributed by atoms with Gasteiger partial charge < -0.3 is 35.3 Å². The average Bonchev–Trinajstić information content (AvgIpc) is 2.81. The molecule has 1 aliphatic heterocycles. The SMILES string of the molecule is C[C@H](CNC(=O)OC(C)(C)C)OC(=O)NC(CCO[C@H]1C[C@H](CCc2ccc3c(n2)NCCC3)C1)C(=O)O. The van der Waals surface area contributed by atoms with Crippen LogP contribution in [0.4, 0.5) is 15.4 Å². The Kier molecular flexibility index (Phi) is 10.6. The summed E-state index contributed by atoms with van der Waals surface area (Å²) in [7, 11) is 0. The summed E-state index contributed by atoms with van der Waals surface area (Å²) < 4.78 is 16.1. The molecular weight excluding hydrogens is 492 g/mol. The van der Waals surface area contributed by atoms with Gasteiger partial charge in [-0.15, -0.1) is 0 Å². The lowest BCUT2D eigenvalue weighted by molar-refractivity contribution is -0.140. The number of carbonyl (C=O) groups is 3. The second-order valence-corrected chi connectivity index (χ2v) is 11.1. The molecule has 1 aliphatic carbocycles. The summed E-state index contributed by atoms with van der Waals surface area (Å²) in [6.07, 6.45) is 4.18. The van der Waals surface area contributed by atoms with Gasteiger partial charge in [0.25, 0.3) is 0 Å². The predicted octanol–water partition coefficient (Wildman–Crippen LogP) is 3.65. The van der Waals surface area contributed by atoms with E-state index in [0.29, 0.717) is 5.92 Å². The number of pyridine rings is 1. The van der Waals surface area contributed by atoms with E-state index in [1.165, 1.54) is 5.56 Å². The molecule has 11 heteroatoms. The molecule has 38 heavy (non-hydrogen) atoms. The summed E-state index contributed by atoms with van der Waals surface area (Å²) in [4.78, 5) is 40.2. The van der Waals surface area contributed by atoms with Gasteiger partial charge in [-0.2, -0.15) is 0 Å².